The quantitative estimate of drug-likeness (QED) is 0.532. The molecule has 0 saturated heterocycles. The van der Waals surface area contributed by atoms with Crippen molar-refractivity contribution in [3.05, 3.63) is 11.8 Å². The number of rotatable bonds is 3. The highest BCUT2D eigenvalue weighted by atomic mass is 14.7. The smallest absolute Gasteiger partial charge is 0.0332 e. The van der Waals surface area contributed by atoms with Gasteiger partial charge in [0.25, 0.3) is 0 Å². The third-order valence-electron chi connectivity index (χ3n) is 1.38. The summed E-state index contributed by atoms with van der Waals surface area (Å²) in [5, 5.41) is 0. The molecular weight excluding hydrogens is 122 g/mol. The standard InChI is InChI=1S/C9H17N/c1-5-7-9(4)10-8(3)6-2/h7H,5-6H2,1-4H3/b9-7-,10-8?. The maximum absolute atomic E-state index is 4.36. The number of hydrogen-bond donors (Lipinski definition) is 0. The van der Waals surface area contributed by atoms with Crippen LogP contribution in [0.5, 0.6) is 0 Å². The molecule has 0 aliphatic heterocycles. The third-order valence-corrected chi connectivity index (χ3v) is 1.38. The molecule has 0 N–H and O–H groups in total. The number of nitrogens with zero attached hydrogens (tertiary/aromatic N) is 1. The van der Waals surface area contributed by atoms with Crippen molar-refractivity contribution in [1.82, 2.24) is 0 Å². The van der Waals surface area contributed by atoms with Gasteiger partial charge < -0.3 is 0 Å². The first-order valence-corrected chi connectivity index (χ1v) is 3.91. The lowest BCUT2D eigenvalue weighted by Crippen LogP contribution is -1.86. The van der Waals surface area contributed by atoms with Gasteiger partial charge in [-0.15, -0.1) is 0 Å². The summed E-state index contributed by atoms with van der Waals surface area (Å²) in [4.78, 5) is 4.36. The highest BCUT2D eigenvalue weighted by Crippen LogP contribution is 1.98. The molecule has 0 spiro atoms. The molecule has 0 atom stereocenters. The highest BCUT2D eigenvalue weighted by molar-refractivity contribution is 5.82. The second kappa shape index (κ2) is 5.21. The van der Waals surface area contributed by atoms with E-state index in [9.17, 15) is 0 Å². The molecule has 0 fully saturated rings. The first-order valence-electron chi connectivity index (χ1n) is 3.91. The van der Waals surface area contributed by atoms with Crippen LogP contribution in [0.4, 0.5) is 0 Å². The minimum Gasteiger partial charge on any atom is -0.263 e. The minimum absolute atomic E-state index is 1.05. The Morgan fingerprint density at radius 1 is 1.30 bits per heavy atom. The summed E-state index contributed by atoms with van der Waals surface area (Å²) in [5.41, 5.74) is 2.35. The van der Waals surface area contributed by atoms with Crippen molar-refractivity contribution in [1.29, 1.82) is 0 Å². The molecule has 0 rings (SSSR count). The molecule has 10 heavy (non-hydrogen) atoms. The van der Waals surface area contributed by atoms with E-state index >= 15 is 0 Å². The van der Waals surface area contributed by atoms with E-state index in [2.05, 4.69) is 31.8 Å². The van der Waals surface area contributed by atoms with Crippen molar-refractivity contribution in [3.63, 3.8) is 0 Å². The number of allylic oxidation sites excluding steroid dienone is 2. The van der Waals surface area contributed by atoms with Crippen LogP contribution >= 0.6 is 0 Å². The molecule has 0 aliphatic rings. The van der Waals surface area contributed by atoms with Gasteiger partial charge in [-0.05, 0) is 26.7 Å². The molecule has 1 heteroatoms. The van der Waals surface area contributed by atoms with Crippen LogP contribution in [-0.4, -0.2) is 5.71 Å². The van der Waals surface area contributed by atoms with Crippen LogP contribution in [0.25, 0.3) is 0 Å². The second-order valence-electron chi connectivity index (χ2n) is 2.45. The van der Waals surface area contributed by atoms with Gasteiger partial charge in [-0.3, -0.25) is 4.99 Å². The van der Waals surface area contributed by atoms with Gasteiger partial charge in [-0.2, -0.15) is 0 Å². The monoisotopic (exact) mass is 139 g/mol. The Balaban J connectivity index is 3.98. The van der Waals surface area contributed by atoms with Gasteiger partial charge in [-0.25, -0.2) is 0 Å². The van der Waals surface area contributed by atoms with E-state index < -0.39 is 0 Å². The summed E-state index contributed by atoms with van der Waals surface area (Å²) in [6.07, 6.45) is 4.26. The van der Waals surface area contributed by atoms with E-state index in [1.54, 1.807) is 0 Å². The Bertz CT molecular complexity index is 143. The molecular formula is C9H17N. The Hall–Kier alpha value is -0.590. The first-order chi connectivity index (χ1) is 4.70. The van der Waals surface area contributed by atoms with Crippen molar-refractivity contribution in [2.24, 2.45) is 4.99 Å². The topological polar surface area (TPSA) is 12.4 Å². The van der Waals surface area contributed by atoms with Crippen LogP contribution in [0.3, 0.4) is 0 Å². The molecule has 0 aromatic carbocycles. The summed E-state index contributed by atoms with van der Waals surface area (Å²) >= 11 is 0. The molecule has 0 unspecified atom stereocenters. The molecule has 1 nitrogen and oxygen atoms in total. The lowest BCUT2D eigenvalue weighted by atomic mass is 10.3. The average Bonchev–Trinajstić information content (AvgIpc) is 1.88. The van der Waals surface area contributed by atoms with Crippen molar-refractivity contribution < 1.29 is 0 Å². The predicted octanol–water partition coefficient (Wildman–Crippen LogP) is 3.17. The fourth-order valence-corrected chi connectivity index (χ4v) is 0.721. The normalized spacial score (nSPS) is 14.0. The van der Waals surface area contributed by atoms with Crippen LogP contribution in [-0.2, 0) is 0 Å². The largest absolute Gasteiger partial charge is 0.263 e. The van der Waals surface area contributed by atoms with E-state index in [1.165, 1.54) is 5.71 Å². The van der Waals surface area contributed by atoms with Gasteiger partial charge in [0.05, 0.1) is 0 Å². The third kappa shape index (κ3) is 4.30. The zero-order valence-corrected chi connectivity index (χ0v) is 7.44. The molecule has 0 saturated carbocycles. The molecule has 0 radical (unpaired) electrons. The predicted molar refractivity (Wildman–Crippen MR) is 47.4 cm³/mol. The van der Waals surface area contributed by atoms with Crippen LogP contribution in [0.1, 0.15) is 40.5 Å². The van der Waals surface area contributed by atoms with E-state index in [4.69, 9.17) is 0 Å². The maximum Gasteiger partial charge on any atom is 0.0332 e. The van der Waals surface area contributed by atoms with Crippen molar-refractivity contribution in [2.75, 3.05) is 0 Å². The molecule has 0 aliphatic carbocycles. The van der Waals surface area contributed by atoms with Crippen LogP contribution in [0.2, 0.25) is 0 Å². The van der Waals surface area contributed by atoms with Gasteiger partial charge in [0, 0.05) is 11.4 Å². The fourth-order valence-electron chi connectivity index (χ4n) is 0.721. The molecule has 0 aromatic rings. The van der Waals surface area contributed by atoms with Crippen molar-refractivity contribution in [2.45, 2.75) is 40.5 Å². The molecule has 0 bridgehead atoms. The second-order valence-corrected chi connectivity index (χ2v) is 2.45. The summed E-state index contributed by atoms with van der Waals surface area (Å²) in [7, 11) is 0. The summed E-state index contributed by atoms with van der Waals surface area (Å²) in [5.74, 6) is 0. The lowest BCUT2D eigenvalue weighted by molar-refractivity contribution is 1.14. The zero-order valence-electron chi connectivity index (χ0n) is 7.44. The van der Waals surface area contributed by atoms with Crippen molar-refractivity contribution >= 4 is 5.71 Å². The van der Waals surface area contributed by atoms with E-state index in [0.717, 1.165) is 18.5 Å². The molecule has 0 heterocycles. The van der Waals surface area contributed by atoms with Gasteiger partial charge >= 0.3 is 0 Å². The molecule has 0 aromatic heterocycles. The number of hydrogen-bond acceptors (Lipinski definition) is 1. The van der Waals surface area contributed by atoms with Gasteiger partial charge in [0.2, 0.25) is 0 Å². The SMILES string of the molecule is CC/C=C(/C)N=C(C)CC. The minimum atomic E-state index is 1.05. The average molecular weight is 139 g/mol. The summed E-state index contributed by atoms with van der Waals surface area (Å²) < 4.78 is 0. The maximum atomic E-state index is 4.36. The van der Waals surface area contributed by atoms with E-state index in [1.807, 2.05) is 6.92 Å². The van der Waals surface area contributed by atoms with Crippen molar-refractivity contribution in [3.8, 4) is 0 Å². The van der Waals surface area contributed by atoms with Gasteiger partial charge in [0.15, 0.2) is 0 Å². The van der Waals surface area contributed by atoms with E-state index in [0.29, 0.717) is 0 Å². The zero-order chi connectivity index (χ0) is 7.98. The van der Waals surface area contributed by atoms with Crippen LogP contribution in [0.15, 0.2) is 16.8 Å². The highest BCUT2D eigenvalue weighted by Gasteiger charge is 1.85. The Kier molecular flexibility index (Phi) is 4.91. The van der Waals surface area contributed by atoms with E-state index in [-0.39, 0.29) is 0 Å². The first kappa shape index (κ1) is 9.41. The van der Waals surface area contributed by atoms with Crippen LogP contribution in [0, 0.1) is 0 Å². The Labute approximate surface area is 63.9 Å². The molecule has 58 valence electrons. The summed E-state index contributed by atoms with van der Waals surface area (Å²) in [6.45, 7) is 8.36. The van der Waals surface area contributed by atoms with Gasteiger partial charge in [-0.1, -0.05) is 19.9 Å². The lowest BCUT2D eigenvalue weighted by Gasteiger charge is -1.94. The Morgan fingerprint density at radius 2 is 1.90 bits per heavy atom. The number of aliphatic imine (C=N–C) groups is 1. The summed E-state index contributed by atoms with van der Waals surface area (Å²) in [6, 6.07) is 0. The Morgan fingerprint density at radius 3 is 2.30 bits per heavy atom. The molecule has 0 amide bonds. The van der Waals surface area contributed by atoms with Crippen LogP contribution < -0.4 is 0 Å². The fraction of sp³-hybridized carbons (Fsp3) is 0.667. The van der Waals surface area contributed by atoms with Gasteiger partial charge in [0.1, 0.15) is 0 Å².